The maximum Gasteiger partial charge on any atom is 0.329 e. The summed E-state index contributed by atoms with van der Waals surface area (Å²) in [5, 5.41) is 22.5. The Morgan fingerprint density at radius 1 is 1.50 bits per heavy atom. The van der Waals surface area contributed by atoms with Gasteiger partial charge in [0.15, 0.2) is 0 Å². The smallest absolute Gasteiger partial charge is 0.329 e. The summed E-state index contributed by atoms with van der Waals surface area (Å²) in [4.78, 5) is 21.1. The summed E-state index contributed by atoms with van der Waals surface area (Å²) in [6, 6.07) is 3.58. The van der Waals surface area contributed by atoms with Crippen LogP contribution in [0.25, 0.3) is 0 Å². The lowest BCUT2D eigenvalue weighted by molar-refractivity contribution is -0.386. The lowest BCUT2D eigenvalue weighted by Crippen LogP contribution is -2.52. The van der Waals surface area contributed by atoms with E-state index in [-0.39, 0.29) is 5.69 Å². The van der Waals surface area contributed by atoms with Gasteiger partial charge in [0.1, 0.15) is 11.2 Å². The van der Waals surface area contributed by atoms with Crippen LogP contribution in [-0.4, -0.2) is 21.5 Å². The average molecular weight is 254 g/mol. The van der Waals surface area contributed by atoms with Crippen LogP contribution in [0.5, 0.6) is 0 Å². The van der Waals surface area contributed by atoms with Gasteiger partial charge in [-0.1, -0.05) is 6.07 Å². The van der Waals surface area contributed by atoms with Crippen molar-refractivity contribution in [2.75, 3.05) is 5.32 Å². The summed E-state index contributed by atoms with van der Waals surface area (Å²) in [5.41, 5.74) is -2.02. The molecule has 1 aromatic carbocycles. The minimum absolute atomic E-state index is 0.0953. The molecule has 96 valence electrons. The molecule has 1 aliphatic rings. The lowest BCUT2D eigenvalue weighted by Gasteiger charge is -2.38. The normalized spacial score (nSPS) is 16.7. The zero-order valence-corrected chi connectivity index (χ0v) is 9.35. The fraction of sp³-hybridized carbons (Fsp3) is 0.364. The maximum atomic E-state index is 13.4. The molecule has 0 spiro atoms. The SMILES string of the molecule is O=C(O)C1(Nc2cccc(F)c2[N+](=O)[O-])CCC1. The molecule has 18 heavy (non-hydrogen) atoms. The molecule has 1 aliphatic carbocycles. The second-order valence-electron chi connectivity index (χ2n) is 4.26. The molecule has 2 N–H and O–H groups in total. The lowest BCUT2D eigenvalue weighted by atomic mass is 9.76. The number of hydrogen-bond acceptors (Lipinski definition) is 4. The number of nitrogens with zero attached hydrogens (tertiary/aromatic N) is 1. The van der Waals surface area contributed by atoms with Crippen molar-refractivity contribution < 1.29 is 19.2 Å². The third-order valence-corrected chi connectivity index (χ3v) is 3.16. The third kappa shape index (κ3) is 1.87. The molecule has 0 unspecified atom stereocenters. The van der Waals surface area contributed by atoms with Crippen LogP contribution in [0, 0.1) is 15.9 Å². The van der Waals surface area contributed by atoms with Gasteiger partial charge in [0.2, 0.25) is 5.82 Å². The van der Waals surface area contributed by atoms with Crippen molar-refractivity contribution in [1.29, 1.82) is 0 Å². The molecule has 1 saturated carbocycles. The quantitative estimate of drug-likeness (QED) is 0.634. The van der Waals surface area contributed by atoms with Crippen molar-refractivity contribution in [3.63, 3.8) is 0 Å². The van der Waals surface area contributed by atoms with Crippen LogP contribution in [0.15, 0.2) is 18.2 Å². The van der Waals surface area contributed by atoms with E-state index < -0.39 is 27.9 Å². The van der Waals surface area contributed by atoms with Crippen molar-refractivity contribution >= 4 is 17.3 Å². The average Bonchev–Trinajstić information content (AvgIpc) is 2.22. The molecule has 2 rings (SSSR count). The van der Waals surface area contributed by atoms with E-state index >= 15 is 0 Å². The number of carboxylic acid groups (broad SMARTS) is 1. The predicted molar refractivity (Wildman–Crippen MR) is 60.9 cm³/mol. The topological polar surface area (TPSA) is 92.5 Å². The van der Waals surface area contributed by atoms with Crippen molar-refractivity contribution in [2.24, 2.45) is 0 Å². The highest BCUT2D eigenvalue weighted by Crippen LogP contribution is 2.38. The Labute approximate surface area is 102 Å². The highest BCUT2D eigenvalue weighted by molar-refractivity contribution is 5.85. The molecule has 0 amide bonds. The van der Waals surface area contributed by atoms with Gasteiger partial charge in [0, 0.05) is 0 Å². The fourth-order valence-corrected chi connectivity index (χ4v) is 1.98. The van der Waals surface area contributed by atoms with Gasteiger partial charge in [0.25, 0.3) is 0 Å². The van der Waals surface area contributed by atoms with Crippen LogP contribution in [0.3, 0.4) is 0 Å². The molecular formula is C11H11FN2O4. The molecule has 6 nitrogen and oxygen atoms in total. The second-order valence-corrected chi connectivity index (χ2v) is 4.26. The summed E-state index contributed by atoms with van der Waals surface area (Å²) < 4.78 is 13.4. The van der Waals surface area contributed by atoms with Crippen molar-refractivity contribution in [3.05, 3.63) is 34.1 Å². The van der Waals surface area contributed by atoms with Crippen LogP contribution in [-0.2, 0) is 4.79 Å². The van der Waals surface area contributed by atoms with E-state index in [1.807, 2.05) is 0 Å². The molecule has 0 heterocycles. The first-order valence-corrected chi connectivity index (χ1v) is 5.41. The van der Waals surface area contributed by atoms with Gasteiger partial charge in [-0.05, 0) is 31.4 Å². The molecule has 0 atom stereocenters. The fourth-order valence-electron chi connectivity index (χ4n) is 1.98. The molecule has 0 aromatic heterocycles. The van der Waals surface area contributed by atoms with Crippen LogP contribution in [0.2, 0.25) is 0 Å². The molecule has 0 saturated heterocycles. The van der Waals surface area contributed by atoms with Crippen molar-refractivity contribution in [1.82, 2.24) is 0 Å². The Kier molecular flexibility index (Phi) is 2.90. The van der Waals surface area contributed by atoms with Gasteiger partial charge in [-0.15, -0.1) is 0 Å². The number of carboxylic acids is 1. The Morgan fingerprint density at radius 3 is 2.61 bits per heavy atom. The van der Waals surface area contributed by atoms with E-state index in [2.05, 4.69) is 5.32 Å². The van der Waals surface area contributed by atoms with Gasteiger partial charge in [0.05, 0.1) is 4.92 Å². The maximum absolute atomic E-state index is 13.4. The van der Waals surface area contributed by atoms with E-state index in [1.165, 1.54) is 12.1 Å². The highest BCUT2D eigenvalue weighted by Gasteiger charge is 2.45. The number of carbonyl (C=O) groups is 1. The number of hydrogen-bond donors (Lipinski definition) is 2. The number of halogens is 1. The molecule has 0 aliphatic heterocycles. The Hall–Kier alpha value is -2.18. The Balaban J connectivity index is 2.37. The van der Waals surface area contributed by atoms with E-state index in [0.29, 0.717) is 12.8 Å². The summed E-state index contributed by atoms with van der Waals surface area (Å²) in [7, 11) is 0. The van der Waals surface area contributed by atoms with Gasteiger partial charge in [-0.3, -0.25) is 10.1 Å². The summed E-state index contributed by atoms with van der Waals surface area (Å²) in [6.45, 7) is 0. The number of rotatable bonds is 4. The van der Waals surface area contributed by atoms with Crippen LogP contribution in [0.1, 0.15) is 19.3 Å². The number of nitrogens with one attached hydrogen (secondary N) is 1. The van der Waals surface area contributed by atoms with E-state index in [9.17, 15) is 19.3 Å². The van der Waals surface area contributed by atoms with Gasteiger partial charge in [-0.25, -0.2) is 4.79 Å². The first-order chi connectivity index (χ1) is 8.46. The van der Waals surface area contributed by atoms with Gasteiger partial charge < -0.3 is 10.4 Å². The van der Waals surface area contributed by atoms with Crippen molar-refractivity contribution in [3.8, 4) is 0 Å². The Bertz CT molecular complexity index is 514. The number of nitro benzene ring substituents is 1. The largest absolute Gasteiger partial charge is 0.480 e. The number of benzene rings is 1. The van der Waals surface area contributed by atoms with Crippen molar-refractivity contribution in [2.45, 2.75) is 24.8 Å². The number of para-hydroxylation sites is 1. The number of aliphatic carboxylic acids is 1. The summed E-state index contributed by atoms with van der Waals surface area (Å²) in [6.07, 6.45) is 1.47. The zero-order chi connectivity index (χ0) is 13.3. The summed E-state index contributed by atoms with van der Waals surface area (Å²) in [5.74, 6) is -2.06. The van der Waals surface area contributed by atoms with Gasteiger partial charge >= 0.3 is 11.7 Å². The zero-order valence-electron chi connectivity index (χ0n) is 9.35. The molecule has 1 fully saturated rings. The predicted octanol–water partition coefficient (Wildman–Crippen LogP) is 2.15. The third-order valence-electron chi connectivity index (χ3n) is 3.16. The molecule has 0 bridgehead atoms. The van der Waals surface area contributed by atoms with Crippen LogP contribution < -0.4 is 5.32 Å². The number of anilines is 1. The van der Waals surface area contributed by atoms with Crippen LogP contribution >= 0.6 is 0 Å². The standard InChI is InChI=1S/C11H11FN2O4/c12-7-3-1-4-8(9(7)14(17)18)13-11(10(15)16)5-2-6-11/h1,3-4,13H,2,5-6H2,(H,15,16). The van der Waals surface area contributed by atoms with Crippen LogP contribution in [0.4, 0.5) is 15.8 Å². The van der Waals surface area contributed by atoms with E-state index in [1.54, 1.807) is 0 Å². The summed E-state index contributed by atoms with van der Waals surface area (Å²) >= 11 is 0. The molecule has 0 radical (unpaired) electrons. The molecule has 7 heteroatoms. The highest BCUT2D eigenvalue weighted by atomic mass is 19.1. The molecule has 1 aromatic rings. The first-order valence-electron chi connectivity index (χ1n) is 5.41. The van der Waals surface area contributed by atoms with Gasteiger partial charge in [-0.2, -0.15) is 4.39 Å². The minimum Gasteiger partial charge on any atom is -0.480 e. The Morgan fingerprint density at radius 2 is 2.17 bits per heavy atom. The van der Waals surface area contributed by atoms with E-state index in [0.717, 1.165) is 12.5 Å². The minimum atomic E-state index is -1.21. The molecular weight excluding hydrogens is 243 g/mol. The van der Waals surface area contributed by atoms with E-state index in [4.69, 9.17) is 5.11 Å². The first kappa shape index (κ1) is 12.3. The second kappa shape index (κ2) is 4.25. The monoisotopic (exact) mass is 254 g/mol. The number of nitro groups is 1.